The number of carbonyl (C=O) groups excluding carboxylic acids is 1. The number of hydrogen-bond donors (Lipinski definition) is 1. The molecule has 6 heteroatoms. The van der Waals surface area contributed by atoms with E-state index in [-0.39, 0.29) is 5.89 Å². The van der Waals surface area contributed by atoms with Crippen LogP contribution in [0.2, 0.25) is 0 Å². The van der Waals surface area contributed by atoms with Crippen LogP contribution in [0.25, 0.3) is 0 Å². The smallest absolute Gasteiger partial charge is 0.236 e. The van der Waals surface area contributed by atoms with Crippen LogP contribution in [0.1, 0.15) is 39.6 Å². The normalized spacial score (nSPS) is 11.5. The topological polar surface area (TPSA) is 75.8 Å². The molecule has 6 nitrogen and oxygen atoms in total. The highest BCUT2D eigenvalue weighted by atomic mass is 16.5. The Labute approximate surface area is 199 Å². The molecule has 34 heavy (non-hydrogen) atoms. The third-order valence-electron chi connectivity index (χ3n) is 5.64. The molecule has 0 aliphatic carbocycles. The number of benzene rings is 3. The number of ether oxygens (including phenoxy) is 1. The van der Waals surface area contributed by atoms with Crippen LogP contribution in [0.3, 0.4) is 0 Å². The number of aldehydes is 1. The van der Waals surface area contributed by atoms with Crippen molar-refractivity contribution >= 4 is 6.29 Å². The first kappa shape index (κ1) is 23.4. The van der Waals surface area contributed by atoms with Crippen LogP contribution >= 0.6 is 0 Å². The highest BCUT2D eigenvalue weighted by Crippen LogP contribution is 2.36. The second-order valence-corrected chi connectivity index (χ2v) is 8.20. The summed E-state index contributed by atoms with van der Waals surface area (Å²) in [6.45, 7) is 1.92. The van der Waals surface area contributed by atoms with Crippen LogP contribution in [0.15, 0.2) is 95.5 Å². The maximum Gasteiger partial charge on any atom is 0.236 e. The molecule has 1 aromatic heterocycles. The molecular formula is C28H28N2O4. The van der Waals surface area contributed by atoms with Gasteiger partial charge in [-0.3, -0.25) is 9.69 Å². The van der Waals surface area contributed by atoms with Crippen molar-refractivity contribution in [1.82, 2.24) is 9.88 Å². The number of oxazole rings is 1. The van der Waals surface area contributed by atoms with E-state index in [1.807, 2.05) is 67.7 Å². The maximum absolute atomic E-state index is 11.8. The minimum atomic E-state index is -1.48. The lowest BCUT2D eigenvalue weighted by atomic mass is 9.86. The van der Waals surface area contributed by atoms with E-state index >= 15 is 0 Å². The summed E-state index contributed by atoms with van der Waals surface area (Å²) >= 11 is 0. The number of carbonyl (C=O) groups is 1. The Morgan fingerprint density at radius 2 is 1.59 bits per heavy atom. The fourth-order valence-corrected chi connectivity index (χ4v) is 3.83. The third kappa shape index (κ3) is 5.42. The van der Waals surface area contributed by atoms with Crippen LogP contribution in [0.5, 0.6) is 5.75 Å². The largest absolute Gasteiger partial charge is 0.494 e. The van der Waals surface area contributed by atoms with Gasteiger partial charge in [0.2, 0.25) is 5.89 Å². The lowest BCUT2D eigenvalue weighted by Crippen LogP contribution is -2.29. The number of rotatable bonds is 11. The summed E-state index contributed by atoms with van der Waals surface area (Å²) in [4.78, 5) is 17.3. The van der Waals surface area contributed by atoms with Gasteiger partial charge >= 0.3 is 0 Å². The van der Waals surface area contributed by atoms with Gasteiger partial charge < -0.3 is 14.3 Å². The van der Waals surface area contributed by atoms with Gasteiger partial charge in [-0.15, -0.1) is 0 Å². The molecule has 0 bridgehead atoms. The van der Waals surface area contributed by atoms with Gasteiger partial charge in [-0.1, -0.05) is 60.7 Å². The lowest BCUT2D eigenvalue weighted by Gasteiger charge is -2.26. The highest BCUT2D eigenvalue weighted by molar-refractivity contribution is 5.74. The van der Waals surface area contributed by atoms with Gasteiger partial charge in [0.05, 0.1) is 19.3 Å². The van der Waals surface area contributed by atoms with Crippen molar-refractivity contribution in [3.05, 3.63) is 119 Å². The van der Waals surface area contributed by atoms with Gasteiger partial charge in [0.25, 0.3) is 0 Å². The van der Waals surface area contributed by atoms with Gasteiger partial charge in [-0.25, -0.2) is 4.98 Å². The quantitative estimate of drug-likeness (QED) is 0.261. The Bertz CT molecular complexity index is 1130. The van der Waals surface area contributed by atoms with Crippen molar-refractivity contribution in [3.8, 4) is 5.75 Å². The van der Waals surface area contributed by atoms with Gasteiger partial charge in [-0.05, 0) is 48.9 Å². The van der Waals surface area contributed by atoms with Crippen LogP contribution < -0.4 is 4.74 Å². The minimum Gasteiger partial charge on any atom is -0.494 e. The molecule has 1 heterocycles. The summed E-state index contributed by atoms with van der Waals surface area (Å²) in [5, 5.41) is 11.8. The van der Waals surface area contributed by atoms with Crippen LogP contribution in [0.4, 0.5) is 0 Å². The van der Waals surface area contributed by atoms with Crippen molar-refractivity contribution in [3.63, 3.8) is 0 Å². The summed E-state index contributed by atoms with van der Waals surface area (Å²) in [5.74, 6) is 1.66. The minimum absolute atomic E-state index is 0.246. The van der Waals surface area contributed by atoms with Crippen molar-refractivity contribution in [2.75, 3.05) is 20.2 Å². The molecule has 0 amide bonds. The zero-order chi connectivity index (χ0) is 23.8. The number of aliphatic hydroxyl groups is 1. The van der Waals surface area contributed by atoms with E-state index < -0.39 is 5.60 Å². The molecule has 0 saturated heterocycles. The molecule has 4 aromatic rings. The first-order valence-electron chi connectivity index (χ1n) is 11.2. The summed E-state index contributed by atoms with van der Waals surface area (Å²) in [6.07, 6.45) is 3.31. The van der Waals surface area contributed by atoms with Gasteiger partial charge in [0.1, 0.15) is 17.8 Å². The number of hydrogen-bond acceptors (Lipinski definition) is 6. The molecule has 0 radical (unpaired) electrons. The van der Waals surface area contributed by atoms with Crippen LogP contribution in [-0.4, -0.2) is 41.5 Å². The molecule has 174 valence electrons. The van der Waals surface area contributed by atoms with Crippen LogP contribution in [-0.2, 0) is 12.1 Å². The second kappa shape index (κ2) is 10.9. The first-order chi connectivity index (χ1) is 16.6. The third-order valence-corrected chi connectivity index (χ3v) is 5.64. The Morgan fingerprint density at radius 3 is 2.18 bits per heavy atom. The molecule has 0 aliphatic heterocycles. The monoisotopic (exact) mass is 456 g/mol. The van der Waals surface area contributed by atoms with E-state index in [2.05, 4.69) is 9.88 Å². The summed E-state index contributed by atoms with van der Waals surface area (Å²) in [5.41, 5.74) is 0.541. The molecule has 0 saturated carbocycles. The predicted molar refractivity (Wildman–Crippen MR) is 130 cm³/mol. The van der Waals surface area contributed by atoms with Crippen molar-refractivity contribution in [2.24, 2.45) is 0 Å². The van der Waals surface area contributed by atoms with Crippen LogP contribution in [0, 0.1) is 0 Å². The van der Waals surface area contributed by atoms with E-state index in [1.165, 1.54) is 0 Å². The Hall–Kier alpha value is -3.74. The first-order valence-corrected chi connectivity index (χ1v) is 11.2. The second-order valence-electron chi connectivity index (χ2n) is 8.20. The molecule has 3 aromatic carbocycles. The van der Waals surface area contributed by atoms with Gasteiger partial charge in [0, 0.05) is 12.1 Å². The van der Waals surface area contributed by atoms with E-state index in [1.54, 1.807) is 30.5 Å². The fourth-order valence-electron chi connectivity index (χ4n) is 3.83. The fraction of sp³-hybridized carbons (Fsp3) is 0.214. The Morgan fingerprint density at radius 1 is 0.971 bits per heavy atom. The summed E-state index contributed by atoms with van der Waals surface area (Å²) in [6, 6.07) is 25.9. The highest BCUT2D eigenvalue weighted by Gasteiger charge is 2.38. The van der Waals surface area contributed by atoms with Crippen molar-refractivity contribution in [2.45, 2.75) is 18.6 Å². The molecular weight excluding hydrogens is 428 g/mol. The molecule has 0 atom stereocenters. The van der Waals surface area contributed by atoms with E-state index in [0.717, 1.165) is 25.0 Å². The predicted octanol–water partition coefficient (Wildman–Crippen LogP) is 4.67. The summed E-state index contributed by atoms with van der Waals surface area (Å²) < 4.78 is 11.8. The lowest BCUT2D eigenvalue weighted by molar-refractivity contribution is 0.0899. The van der Waals surface area contributed by atoms with E-state index in [9.17, 15) is 9.90 Å². The number of nitrogens with zero attached hydrogens (tertiary/aromatic N) is 2. The van der Waals surface area contributed by atoms with E-state index in [4.69, 9.17) is 9.15 Å². The maximum atomic E-state index is 11.8. The van der Waals surface area contributed by atoms with Gasteiger partial charge in [-0.2, -0.15) is 0 Å². The molecule has 1 N–H and O–H groups in total. The van der Waals surface area contributed by atoms with Crippen molar-refractivity contribution < 1.29 is 19.1 Å². The van der Waals surface area contributed by atoms with Gasteiger partial charge in [0.15, 0.2) is 5.60 Å². The molecule has 0 aliphatic rings. The zero-order valence-electron chi connectivity index (χ0n) is 19.1. The Kier molecular flexibility index (Phi) is 7.52. The van der Waals surface area contributed by atoms with E-state index in [0.29, 0.717) is 35.6 Å². The molecule has 0 spiro atoms. The van der Waals surface area contributed by atoms with Crippen molar-refractivity contribution in [1.29, 1.82) is 0 Å². The summed E-state index contributed by atoms with van der Waals surface area (Å²) in [7, 11) is 2.00. The standard InChI is InChI=1S/C28H28N2O4/c1-30(17-8-18-33-25-15-13-22(21-31)14-16-25)20-26-19-29-27(34-26)28(32,23-9-4-2-5-10-23)24-11-6-3-7-12-24/h2-7,9-16,19,21,32H,8,17-18,20H2,1H3. The molecule has 4 rings (SSSR count). The zero-order valence-corrected chi connectivity index (χ0v) is 19.1. The SMILES string of the molecule is CN(CCCOc1ccc(C=O)cc1)Cc1cnc(C(O)(c2ccccc2)c2ccccc2)o1. The average molecular weight is 457 g/mol. The Balaban J connectivity index is 1.38. The molecule has 0 unspecified atom stereocenters. The molecule has 0 fully saturated rings. The number of aromatic nitrogens is 1. The average Bonchev–Trinajstić information content (AvgIpc) is 3.36.